The number of aryl methyl sites for hydroxylation is 1. The third-order valence-corrected chi connectivity index (χ3v) is 4.27. The molecule has 2 unspecified atom stereocenters. The molecule has 5 nitrogen and oxygen atoms in total. The number of piperidine rings is 1. The van der Waals surface area contributed by atoms with E-state index in [0.29, 0.717) is 17.9 Å². The molecule has 2 atom stereocenters. The van der Waals surface area contributed by atoms with E-state index >= 15 is 0 Å². The zero-order chi connectivity index (χ0) is 13.4. The molecule has 0 spiro atoms. The number of aromatic nitrogens is 2. The Bertz CT molecular complexity index is 477. The van der Waals surface area contributed by atoms with E-state index in [1.807, 2.05) is 13.0 Å². The third-order valence-electron chi connectivity index (χ3n) is 4.27. The molecular formula is C14H19N3O2. The lowest BCUT2D eigenvalue weighted by molar-refractivity contribution is -0.0703. The average Bonchev–Trinajstić information content (AvgIpc) is 2.37. The Morgan fingerprint density at radius 2 is 2.05 bits per heavy atom. The van der Waals surface area contributed by atoms with Crippen molar-refractivity contribution in [2.75, 3.05) is 20.3 Å². The second-order valence-corrected chi connectivity index (χ2v) is 5.56. The molecule has 1 aromatic heterocycles. The summed E-state index contributed by atoms with van der Waals surface area (Å²) in [6.45, 7) is 3.34. The second-order valence-electron chi connectivity index (χ2n) is 5.56. The first-order valence-corrected chi connectivity index (χ1v) is 6.78. The number of hydrogen-bond donors (Lipinski definition) is 0. The van der Waals surface area contributed by atoms with E-state index in [1.54, 1.807) is 6.20 Å². The molecule has 3 rings (SSSR count). The SMILES string of the molecule is Cc1ccnc(C(=O)C2CC3COCC(C2)N3C)n1. The van der Waals surface area contributed by atoms with Crippen LogP contribution >= 0.6 is 0 Å². The minimum atomic E-state index is 0.0388. The van der Waals surface area contributed by atoms with Gasteiger partial charge in [-0.15, -0.1) is 0 Å². The number of Topliss-reactive ketones (excluding diaryl/α,β-unsaturated/α-hetero) is 1. The molecule has 1 aromatic rings. The van der Waals surface area contributed by atoms with Crippen LogP contribution in [0.25, 0.3) is 0 Å². The highest BCUT2D eigenvalue weighted by molar-refractivity contribution is 5.94. The van der Waals surface area contributed by atoms with Crippen LogP contribution in [0.2, 0.25) is 0 Å². The fourth-order valence-electron chi connectivity index (χ4n) is 3.06. The number of fused-ring (bicyclic) bond motifs is 2. The standard InChI is InChI=1S/C14H19N3O2/c1-9-3-4-15-14(16-9)13(18)10-5-11-7-19-8-12(6-10)17(11)2/h3-4,10-12H,5-8H2,1-2H3. The maximum absolute atomic E-state index is 12.5. The summed E-state index contributed by atoms with van der Waals surface area (Å²) in [6.07, 6.45) is 3.36. The van der Waals surface area contributed by atoms with Gasteiger partial charge >= 0.3 is 0 Å². The molecule has 2 aliphatic rings. The van der Waals surface area contributed by atoms with E-state index in [0.717, 1.165) is 31.7 Å². The summed E-state index contributed by atoms with van der Waals surface area (Å²) >= 11 is 0. The van der Waals surface area contributed by atoms with E-state index in [9.17, 15) is 4.79 Å². The highest BCUT2D eigenvalue weighted by atomic mass is 16.5. The summed E-state index contributed by atoms with van der Waals surface area (Å²) in [5, 5.41) is 0. The molecule has 0 aliphatic carbocycles. The van der Waals surface area contributed by atoms with Crippen LogP contribution < -0.4 is 0 Å². The highest BCUT2D eigenvalue weighted by Gasteiger charge is 2.40. The normalized spacial score (nSPS) is 31.2. The molecule has 0 aromatic carbocycles. The van der Waals surface area contributed by atoms with Gasteiger partial charge in [-0.3, -0.25) is 9.69 Å². The van der Waals surface area contributed by atoms with E-state index in [1.165, 1.54) is 0 Å². The van der Waals surface area contributed by atoms with Crippen molar-refractivity contribution in [3.8, 4) is 0 Å². The van der Waals surface area contributed by atoms with E-state index in [-0.39, 0.29) is 11.7 Å². The summed E-state index contributed by atoms with van der Waals surface area (Å²) in [5.74, 6) is 0.499. The van der Waals surface area contributed by atoms with Gasteiger partial charge in [0.15, 0.2) is 5.82 Å². The number of rotatable bonds is 2. The number of carbonyl (C=O) groups is 1. The van der Waals surface area contributed by atoms with Gasteiger partial charge in [-0.2, -0.15) is 0 Å². The summed E-state index contributed by atoms with van der Waals surface area (Å²) in [4.78, 5) is 23.2. The quantitative estimate of drug-likeness (QED) is 0.746. The van der Waals surface area contributed by atoms with Crippen molar-refractivity contribution in [2.45, 2.75) is 31.8 Å². The van der Waals surface area contributed by atoms with Gasteiger partial charge < -0.3 is 4.74 Å². The minimum Gasteiger partial charge on any atom is -0.378 e. The first kappa shape index (κ1) is 12.7. The van der Waals surface area contributed by atoms with Crippen LogP contribution in [0.4, 0.5) is 0 Å². The zero-order valence-electron chi connectivity index (χ0n) is 11.4. The van der Waals surface area contributed by atoms with E-state index in [4.69, 9.17) is 4.74 Å². The Labute approximate surface area is 113 Å². The molecule has 19 heavy (non-hydrogen) atoms. The topological polar surface area (TPSA) is 55.3 Å². The number of ether oxygens (including phenoxy) is 1. The van der Waals surface area contributed by atoms with Gasteiger partial charge in [-0.05, 0) is 32.9 Å². The van der Waals surface area contributed by atoms with Crippen LogP contribution in [0.5, 0.6) is 0 Å². The molecule has 0 amide bonds. The predicted octanol–water partition coefficient (Wildman–Crippen LogP) is 1.08. The average molecular weight is 261 g/mol. The third kappa shape index (κ3) is 2.40. The minimum absolute atomic E-state index is 0.0388. The first-order valence-electron chi connectivity index (χ1n) is 6.78. The number of hydrogen-bond acceptors (Lipinski definition) is 5. The Morgan fingerprint density at radius 1 is 1.37 bits per heavy atom. The van der Waals surface area contributed by atoms with Crippen molar-refractivity contribution in [2.24, 2.45) is 5.92 Å². The van der Waals surface area contributed by atoms with Crippen LogP contribution in [-0.4, -0.2) is 53.0 Å². The molecule has 2 fully saturated rings. The van der Waals surface area contributed by atoms with E-state index in [2.05, 4.69) is 21.9 Å². The summed E-state index contributed by atoms with van der Waals surface area (Å²) in [5.41, 5.74) is 0.842. The lowest BCUT2D eigenvalue weighted by Gasteiger charge is -2.46. The van der Waals surface area contributed by atoms with Gasteiger partial charge in [0.25, 0.3) is 0 Å². The fraction of sp³-hybridized carbons (Fsp3) is 0.643. The number of ketones is 1. The molecule has 0 radical (unpaired) electrons. The van der Waals surface area contributed by atoms with Crippen LogP contribution in [0.15, 0.2) is 12.3 Å². The molecule has 0 saturated carbocycles. The summed E-state index contributed by atoms with van der Waals surface area (Å²) < 4.78 is 5.58. The van der Waals surface area contributed by atoms with E-state index < -0.39 is 0 Å². The smallest absolute Gasteiger partial charge is 0.203 e. The molecule has 0 N–H and O–H groups in total. The molecule has 2 bridgehead atoms. The van der Waals surface area contributed by atoms with Crippen LogP contribution in [-0.2, 0) is 4.74 Å². The molecule has 2 saturated heterocycles. The van der Waals surface area contributed by atoms with Gasteiger partial charge in [0.05, 0.1) is 13.2 Å². The number of nitrogens with zero attached hydrogens (tertiary/aromatic N) is 3. The maximum Gasteiger partial charge on any atom is 0.203 e. The maximum atomic E-state index is 12.5. The van der Waals surface area contributed by atoms with Crippen molar-refractivity contribution >= 4 is 5.78 Å². The Balaban J connectivity index is 1.78. The second kappa shape index (κ2) is 4.98. The first-order chi connectivity index (χ1) is 9.15. The molecule has 3 heterocycles. The van der Waals surface area contributed by atoms with Crippen molar-refractivity contribution in [3.63, 3.8) is 0 Å². The van der Waals surface area contributed by atoms with Crippen molar-refractivity contribution in [1.29, 1.82) is 0 Å². The number of carbonyl (C=O) groups excluding carboxylic acids is 1. The predicted molar refractivity (Wildman–Crippen MR) is 70.0 cm³/mol. The zero-order valence-corrected chi connectivity index (χ0v) is 11.4. The molecular weight excluding hydrogens is 242 g/mol. The molecule has 2 aliphatic heterocycles. The number of likely N-dealkylation sites (N-methyl/N-ethyl adjacent to an activating group) is 1. The van der Waals surface area contributed by atoms with Crippen molar-refractivity contribution in [1.82, 2.24) is 14.9 Å². The largest absolute Gasteiger partial charge is 0.378 e. The molecule has 102 valence electrons. The van der Waals surface area contributed by atoms with Gasteiger partial charge in [0, 0.05) is 29.9 Å². The lowest BCUT2D eigenvalue weighted by Crippen LogP contribution is -2.55. The van der Waals surface area contributed by atoms with Gasteiger partial charge in [0.1, 0.15) is 0 Å². The van der Waals surface area contributed by atoms with Gasteiger partial charge in [-0.1, -0.05) is 0 Å². The van der Waals surface area contributed by atoms with Crippen LogP contribution in [0, 0.1) is 12.8 Å². The Morgan fingerprint density at radius 3 is 2.68 bits per heavy atom. The van der Waals surface area contributed by atoms with Gasteiger partial charge in [0.2, 0.25) is 5.78 Å². The number of morpholine rings is 1. The highest BCUT2D eigenvalue weighted by Crippen LogP contribution is 2.31. The van der Waals surface area contributed by atoms with Crippen LogP contribution in [0.1, 0.15) is 29.2 Å². The summed E-state index contributed by atoms with van der Waals surface area (Å²) in [6, 6.07) is 2.52. The Kier molecular flexibility index (Phi) is 3.33. The van der Waals surface area contributed by atoms with Crippen LogP contribution in [0.3, 0.4) is 0 Å². The summed E-state index contributed by atoms with van der Waals surface area (Å²) in [7, 11) is 2.13. The van der Waals surface area contributed by atoms with Crippen molar-refractivity contribution in [3.05, 3.63) is 23.8 Å². The lowest BCUT2D eigenvalue weighted by atomic mass is 9.82. The Hall–Kier alpha value is -1.33. The fourth-order valence-corrected chi connectivity index (χ4v) is 3.06. The van der Waals surface area contributed by atoms with Crippen molar-refractivity contribution < 1.29 is 9.53 Å². The monoisotopic (exact) mass is 261 g/mol. The van der Waals surface area contributed by atoms with Gasteiger partial charge in [-0.25, -0.2) is 9.97 Å². The molecule has 5 heteroatoms.